The molecule has 0 amide bonds. The van der Waals surface area contributed by atoms with Gasteiger partial charge in [0.2, 0.25) is 0 Å². The van der Waals surface area contributed by atoms with E-state index in [9.17, 15) is 8.78 Å². The van der Waals surface area contributed by atoms with Crippen LogP contribution in [0.4, 0.5) is 14.5 Å². The summed E-state index contributed by atoms with van der Waals surface area (Å²) < 4.78 is 32.3. The van der Waals surface area contributed by atoms with Crippen LogP contribution in [0, 0.1) is 18.6 Å². The quantitative estimate of drug-likeness (QED) is 0.648. The molecule has 5 heteroatoms. The van der Waals surface area contributed by atoms with E-state index in [4.69, 9.17) is 10.6 Å². The van der Waals surface area contributed by atoms with Crippen molar-refractivity contribution < 1.29 is 13.5 Å². The lowest BCUT2D eigenvalue weighted by Gasteiger charge is -2.11. The molecule has 0 heterocycles. The van der Waals surface area contributed by atoms with Gasteiger partial charge in [-0.25, -0.2) is 8.78 Å². The molecule has 0 unspecified atom stereocenters. The molecule has 0 saturated carbocycles. The molecule has 0 aliphatic carbocycles. The van der Waals surface area contributed by atoms with Crippen LogP contribution in [-0.4, -0.2) is 0 Å². The van der Waals surface area contributed by atoms with Gasteiger partial charge >= 0.3 is 0 Å². The number of benzene rings is 2. The normalized spacial score (nSPS) is 9.50. The number of para-hydroxylation sites is 1. The van der Waals surface area contributed by atoms with E-state index >= 15 is 0 Å². The molecule has 0 saturated heterocycles. The molecule has 0 bridgehead atoms. The Morgan fingerprint density at radius 1 is 1.00 bits per heavy atom. The van der Waals surface area contributed by atoms with Gasteiger partial charge in [0.15, 0.2) is 17.4 Å². The van der Waals surface area contributed by atoms with Crippen LogP contribution in [0.2, 0.25) is 0 Å². The number of halogens is 2. The average Bonchev–Trinajstić information content (AvgIpc) is 2.47. The second-order valence-electron chi connectivity index (χ2n) is 3.77. The molecule has 20 heavy (non-hydrogen) atoms. The third kappa shape index (κ3) is 3.68. The molecule has 0 spiro atoms. The fraction of sp³-hybridized carbons (Fsp3) is 0.200. The average molecular weight is 280 g/mol. The molecule has 0 aliphatic heterocycles. The van der Waals surface area contributed by atoms with Crippen LogP contribution in [0.1, 0.15) is 19.4 Å². The zero-order valence-electron chi connectivity index (χ0n) is 11.7. The summed E-state index contributed by atoms with van der Waals surface area (Å²) in [6, 6.07) is 8.60. The Morgan fingerprint density at radius 2 is 1.65 bits per heavy atom. The number of anilines is 1. The molecule has 2 aromatic carbocycles. The summed E-state index contributed by atoms with van der Waals surface area (Å²) in [7, 11) is 0. The van der Waals surface area contributed by atoms with E-state index in [0.717, 1.165) is 6.07 Å². The Morgan fingerprint density at radius 3 is 2.25 bits per heavy atom. The minimum atomic E-state index is -0.561. The number of ether oxygens (including phenoxy) is 1. The number of hydrazine groups is 1. The van der Waals surface area contributed by atoms with Crippen molar-refractivity contribution in [3.8, 4) is 11.5 Å². The Labute approximate surface area is 117 Å². The highest BCUT2D eigenvalue weighted by atomic mass is 19.1. The largest absolute Gasteiger partial charge is 0.454 e. The SMILES string of the molecule is CC.Cc1cc(NN)c(F)cc1Oc1ccccc1F. The molecular formula is C15H18F2N2O. The molecule has 0 atom stereocenters. The van der Waals surface area contributed by atoms with E-state index in [2.05, 4.69) is 5.43 Å². The molecule has 0 fully saturated rings. The molecule has 108 valence electrons. The Kier molecular flexibility index (Phi) is 5.93. The third-order valence-electron chi connectivity index (χ3n) is 2.48. The number of aryl methyl sites for hydroxylation is 1. The van der Waals surface area contributed by atoms with Gasteiger partial charge in [-0.15, -0.1) is 0 Å². The molecule has 0 aromatic heterocycles. The maximum atomic E-state index is 13.5. The summed E-state index contributed by atoms with van der Waals surface area (Å²) in [6.45, 7) is 5.72. The summed E-state index contributed by atoms with van der Waals surface area (Å²) in [5.41, 5.74) is 3.04. The first-order valence-corrected chi connectivity index (χ1v) is 6.31. The van der Waals surface area contributed by atoms with Crippen LogP contribution < -0.4 is 16.0 Å². The van der Waals surface area contributed by atoms with Crippen LogP contribution in [-0.2, 0) is 0 Å². The second-order valence-corrected chi connectivity index (χ2v) is 3.77. The fourth-order valence-electron chi connectivity index (χ4n) is 1.53. The zero-order chi connectivity index (χ0) is 15.1. The predicted octanol–water partition coefficient (Wildman–Crippen LogP) is 4.38. The molecule has 3 N–H and O–H groups in total. The monoisotopic (exact) mass is 280 g/mol. The number of nitrogens with one attached hydrogen (secondary N) is 1. The van der Waals surface area contributed by atoms with E-state index in [0.29, 0.717) is 5.56 Å². The highest BCUT2D eigenvalue weighted by Crippen LogP contribution is 2.30. The lowest BCUT2D eigenvalue weighted by molar-refractivity contribution is 0.436. The summed E-state index contributed by atoms with van der Waals surface area (Å²) in [5, 5.41) is 0. The number of hydrogen-bond acceptors (Lipinski definition) is 3. The van der Waals surface area contributed by atoms with Crippen molar-refractivity contribution in [3.63, 3.8) is 0 Å². The van der Waals surface area contributed by atoms with Crippen LogP contribution in [0.5, 0.6) is 11.5 Å². The van der Waals surface area contributed by atoms with Crippen molar-refractivity contribution in [2.45, 2.75) is 20.8 Å². The van der Waals surface area contributed by atoms with Crippen LogP contribution in [0.25, 0.3) is 0 Å². The van der Waals surface area contributed by atoms with Crippen LogP contribution in [0.15, 0.2) is 36.4 Å². The number of hydrogen-bond donors (Lipinski definition) is 2. The van der Waals surface area contributed by atoms with Crippen LogP contribution >= 0.6 is 0 Å². The third-order valence-corrected chi connectivity index (χ3v) is 2.48. The number of nitrogens with two attached hydrogens (primary N) is 1. The van der Waals surface area contributed by atoms with Gasteiger partial charge in [0, 0.05) is 6.07 Å². The molecule has 2 aromatic rings. The summed E-state index contributed by atoms with van der Waals surface area (Å²) in [6.07, 6.45) is 0. The zero-order valence-corrected chi connectivity index (χ0v) is 11.7. The molecule has 2 rings (SSSR count). The lowest BCUT2D eigenvalue weighted by atomic mass is 10.2. The van der Waals surface area contributed by atoms with Crippen molar-refractivity contribution >= 4 is 5.69 Å². The Hall–Kier alpha value is -2.14. The first-order chi connectivity index (χ1) is 9.61. The molecule has 0 radical (unpaired) electrons. The van der Waals surface area contributed by atoms with Crippen molar-refractivity contribution in [1.82, 2.24) is 0 Å². The summed E-state index contributed by atoms with van der Waals surface area (Å²) in [5.74, 6) is 4.39. The Bertz CT molecular complexity index is 574. The first-order valence-electron chi connectivity index (χ1n) is 6.31. The topological polar surface area (TPSA) is 47.3 Å². The lowest BCUT2D eigenvalue weighted by Crippen LogP contribution is -2.09. The van der Waals surface area contributed by atoms with Gasteiger partial charge in [0.1, 0.15) is 5.75 Å². The van der Waals surface area contributed by atoms with Gasteiger partial charge in [0.05, 0.1) is 5.69 Å². The van der Waals surface area contributed by atoms with E-state index in [1.54, 1.807) is 19.1 Å². The number of nitrogen functional groups attached to an aromatic ring is 1. The van der Waals surface area contributed by atoms with Gasteiger partial charge < -0.3 is 10.2 Å². The molecule has 3 nitrogen and oxygen atoms in total. The van der Waals surface area contributed by atoms with E-state index < -0.39 is 11.6 Å². The van der Waals surface area contributed by atoms with Gasteiger partial charge in [-0.05, 0) is 30.7 Å². The highest BCUT2D eigenvalue weighted by Gasteiger charge is 2.10. The highest BCUT2D eigenvalue weighted by molar-refractivity contribution is 5.52. The molecular weight excluding hydrogens is 262 g/mol. The van der Waals surface area contributed by atoms with Gasteiger partial charge in [-0.3, -0.25) is 5.84 Å². The number of rotatable bonds is 3. The Balaban J connectivity index is 0.000000956. The smallest absolute Gasteiger partial charge is 0.165 e. The van der Waals surface area contributed by atoms with Crippen LogP contribution in [0.3, 0.4) is 0 Å². The van der Waals surface area contributed by atoms with E-state index in [1.165, 1.54) is 18.2 Å². The first kappa shape index (κ1) is 15.9. The molecule has 0 aliphatic rings. The maximum absolute atomic E-state index is 13.5. The van der Waals surface area contributed by atoms with Crippen molar-refractivity contribution in [2.75, 3.05) is 5.43 Å². The van der Waals surface area contributed by atoms with Gasteiger partial charge in [0.25, 0.3) is 0 Å². The second kappa shape index (κ2) is 7.45. The summed E-state index contributed by atoms with van der Waals surface area (Å²) >= 11 is 0. The maximum Gasteiger partial charge on any atom is 0.165 e. The van der Waals surface area contributed by atoms with Crippen molar-refractivity contribution in [1.29, 1.82) is 0 Å². The van der Waals surface area contributed by atoms with E-state index in [1.807, 2.05) is 13.8 Å². The fourth-order valence-corrected chi connectivity index (χ4v) is 1.53. The van der Waals surface area contributed by atoms with E-state index in [-0.39, 0.29) is 17.2 Å². The minimum absolute atomic E-state index is 0.0495. The summed E-state index contributed by atoms with van der Waals surface area (Å²) in [4.78, 5) is 0. The van der Waals surface area contributed by atoms with Crippen molar-refractivity contribution in [2.24, 2.45) is 5.84 Å². The predicted molar refractivity (Wildman–Crippen MR) is 76.8 cm³/mol. The van der Waals surface area contributed by atoms with Crippen molar-refractivity contribution in [3.05, 3.63) is 53.6 Å². The standard InChI is InChI=1S/C13H12F2N2O.C2H6/c1-8-6-11(17-16)10(15)7-13(8)18-12-5-3-2-4-9(12)14;1-2/h2-7,17H,16H2,1H3;1-2H3. The minimum Gasteiger partial charge on any atom is -0.454 e. The van der Waals surface area contributed by atoms with Gasteiger partial charge in [-0.2, -0.15) is 0 Å². The van der Waals surface area contributed by atoms with Gasteiger partial charge in [-0.1, -0.05) is 26.0 Å².